The average Bonchev–Trinajstić information content (AvgIpc) is 2.19. The van der Waals surface area contributed by atoms with Gasteiger partial charge in [-0.3, -0.25) is 0 Å². The first-order chi connectivity index (χ1) is 6.60. The van der Waals surface area contributed by atoms with Gasteiger partial charge in [-0.05, 0) is 32.6 Å². The lowest BCUT2D eigenvalue weighted by Crippen LogP contribution is -2.45. The first kappa shape index (κ1) is 11.5. The SMILES string of the molecule is COC(C)OC1(C(=O)O)CCCCC1. The molecule has 14 heavy (non-hydrogen) atoms. The summed E-state index contributed by atoms with van der Waals surface area (Å²) in [7, 11) is 1.52. The van der Waals surface area contributed by atoms with Crippen molar-refractivity contribution in [3.05, 3.63) is 0 Å². The van der Waals surface area contributed by atoms with Crippen molar-refractivity contribution in [3.8, 4) is 0 Å². The number of carboxylic acids is 1. The Bertz CT molecular complexity index is 196. The molecular weight excluding hydrogens is 184 g/mol. The summed E-state index contributed by atoms with van der Waals surface area (Å²) in [6.07, 6.45) is 3.67. The van der Waals surface area contributed by atoms with Gasteiger partial charge in [-0.15, -0.1) is 0 Å². The fourth-order valence-corrected chi connectivity index (χ4v) is 1.87. The van der Waals surface area contributed by atoms with E-state index in [2.05, 4.69) is 0 Å². The van der Waals surface area contributed by atoms with Gasteiger partial charge in [0.25, 0.3) is 0 Å². The van der Waals surface area contributed by atoms with Crippen molar-refractivity contribution in [3.63, 3.8) is 0 Å². The molecule has 1 aliphatic carbocycles. The van der Waals surface area contributed by atoms with E-state index in [0.717, 1.165) is 19.3 Å². The van der Waals surface area contributed by atoms with Gasteiger partial charge in [-0.2, -0.15) is 0 Å². The standard InChI is InChI=1S/C10H18O4/c1-8(13-2)14-10(9(11)12)6-4-3-5-7-10/h8H,3-7H2,1-2H3,(H,11,12). The van der Waals surface area contributed by atoms with Crippen LogP contribution in [0.2, 0.25) is 0 Å². The van der Waals surface area contributed by atoms with E-state index in [1.165, 1.54) is 7.11 Å². The lowest BCUT2D eigenvalue weighted by molar-refractivity contribution is -0.216. The molecule has 4 nitrogen and oxygen atoms in total. The minimum absolute atomic E-state index is 0.454. The second-order valence-electron chi connectivity index (χ2n) is 3.78. The molecule has 0 aliphatic heterocycles. The van der Waals surface area contributed by atoms with E-state index in [1.54, 1.807) is 6.92 Å². The van der Waals surface area contributed by atoms with E-state index in [4.69, 9.17) is 14.6 Å². The summed E-state index contributed by atoms with van der Waals surface area (Å²) < 4.78 is 10.4. The number of aliphatic carboxylic acids is 1. The molecule has 0 spiro atoms. The first-order valence-electron chi connectivity index (χ1n) is 5.05. The summed E-state index contributed by atoms with van der Waals surface area (Å²) in [6, 6.07) is 0. The Kier molecular flexibility index (Phi) is 3.89. The van der Waals surface area contributed by atoms with E-state index in [0.29, 0.717) is 12.8 Å². The van der Waals surface area contributed by atoms with E-state index in [9.17, 15) is 4.79 Å². The normalized spacial score (nSPS) is 23.0. The van der Waals surface area contributed by atoms with Gasteiger partial charge in [-0.1, -0.05) is 6.42 Å². The number of methoxy groups -OCH3 is 1. The Labute approximate surface area is 84.2 Å². The van der Waals surface area contributed by atoms with Crippen LogP contribution in [0.3, 0.4) is 0 Å². The van der Waals surface area contributed by atoms with Crippen LogP contribution in [0.15, 0.2) is 0 Å². The molecule has 0 aromatic carbocycles. The maximum absolute atomic E-state index is 11.1. The van der Waals surface area contributed by atoms with Crippen LogP contribution in [0, 0.1) is 0 Å². The Morgan fingerprint density at radius 2 is 1.93 bits per heavy atom. The van der Waals surface area contributed by atoms with Crippen LogP contribution in [0.4, 0.5) is 0 Å². The van der Waals surface area contributed by atoms with E-state index >= 15 is 0 Å². The minimum atomic E-state index is -1.01. The Hall–Kier alpha value is -0.610. The second kappa shape index (κ2) is 4.75. The van der Waals surface area contributed by atoms with Gasteiger partial charge in [0.1, 0.15) is 0 Å². The highest BCUT2D eigenvalue weighted by Crippen LogP contribution is 2.33. The summed E-state index contributed by atoms with van der Waals surface area (Å²) in [5.74, 6) is -0.860. The smallest absolute Gasteiger partial charge is 0.336 e. The predicted octanol–water partition coefficient (Wildman–Crippen LogP) is 1.78. The van der Waals surface area contributed by atoms with Gasteiger partial charge in [0.15, 0.2) is 11.9 Å². The van der Waals surface area contributed by atoms with Crippen molar-refractivity contribution in [1.82, 2.24) is 0 Å². The topological polar surface area (TPSA) is 55.8 Å². The highest BCUT2D eigenvalue weighted by molar-refractivity contribution is 5.77. The van der Waals surface area contributed by atoms with E-state index in [1.807, 2.05) is 0 Å². The molecule has 1 unspecified atom stereocenters. The molecule has 1 saturated carbocycles. The lowest BCUT2D eigenvalue weighted by Gasteiger charge is -2.34. The van der Waals surface area contributed by atoms with Crippen molar-refractivity contribution in [2.24, 2.45) is 0 Å². The Balaban J connectivity index is 2.65. The molecule has 1 aliphatic rings. The van der Waals surface area contributed by atoms with Crippen LogP contribution in [-0.4, -0.2) is 30.1 Å². The fourth-order valence-electron chi connectivity index (χ4n) is 1.87. The molecule has 0 saturated heterocycles. The molecule has 82 valence electrons. The van der Waals surface area contributed by atoms with Crippen LogP contribution < -0.4 is 0 Å². The van der Waals surface area contributed by atoms with Crippen LogP contribution >= 0.6 is 0 Å². The summed E-state index contributed by atoms with van der Waals surface area (Å²) in [6.45, 7) is 1.72. The molecule has 4 heteroatoms. The third-order valence-corrected chi connectivity index (χ3v) is 2.77. The van der Waals surface area contributed by atoms with Gasteiger partial charge < -0.3 is 14.6 Å². The summed E-state index contributed by atoms with van der Waals surface area (Å²) in [4.78, 5) is 11.1. The maximum atomic E-state index is 11.1. The second-order valence-corrected chi connectivity index (χ2v) is 3.78. The van der Waals surface area contributed by atoms with Crippen molar-refractivity contribution in [2.45, 2.75) is 50.9 Å². The average molecular weight is 202 g/mol. The van der Waals surface area contributed by atoms with Crippen LogP contribution in [0.5, 0.6) is 0 Å². The van der Waals surface area contributed by atoms with Gasteiger partial charge >= 0.3 is 5.97 Å². The zero-order valence-corrected chi connectivity index (χ0v) is 8.78. The van der Waals surface area contributed by atoms with Crippen molar-refractivity contribution < 1.29 is 19.4 Å². The van der Waals surface area contributed by atoms with Gasteiger partial charge in [-0.25, -0.2) is 4.79 Å². The minimum Gasteiger partial charge on any atom is -0.479 e. The van der Waals surface area contributed by atoms with E-state index in [-0.39, 0.29) is 0 Å². The molecular formula is C10H18O4. The molecule has 1 atom stereocenters. The van der Waals surface area contributed by atoms with Crippen LogP contribution in [-0.2, 0) is 14.3 Å². The lowest BCUT2D eigenvalue weighted by atomic mass is 9.84. The summed E-state index contributed by atoms with van der Waals surface area (Å²) in [5.41, 5.74) is -1.01. The number of ether oxygens (including phenoxy) is 2. The molecule has 1 rings (SSSR count). The molecule has 0 aromatic rings. The number of rotatable bonds is 4. The number of hydrogen-bond donors (Lipinski definition) is 1. The van der Waals surface area contributed by atoms with Gasteiger partial charge in [0.2, 0.25) is 0 Å². The summed E-state index contributed by atoms with van der Waals surface area (Å²) in [5, 5.41) is 9.15. The zero-order chi connectivity index (χ0) is 10.6. The molecule has 0 heterocycles. The number of carboxylic acid groups (broad SMARTS) is 1. The van der Waals surface area contributed by atoms with Gasteiger partial charge in [0, 0.05) is 7.11 Å². The monoisotopic (exact) mass is 202 g/mol. The van der Waals surface area contributed by atoms with Crippen molar-refractivity contribution in [2.75, 3.05) is 7.11 Å². The molecule has 0 radical (unpaired) electrons. The maximum Gasteiger partial charge on any atom is 0.336 e. The van der Waals surface area contributed by atoms with Crippen LogP contribution in [0.1, 0.15) is 39.0 Å². The third kappa shape index (κ3) is 2.45. The highest BCUT2D eigenvalue weighted by Gasteiger charge is 2.42. The molecule has 1 N–H and O–H groups in total. The number of hydrogen-bond acceptors (Lipinski definition) is 3. The molecule has 0 bridgehead atoms. The van der Waals surface area contributed by atoms with Crippen LogP contribution in [0.25, 0.3) is 0 Å². The van der Waals surface area contributed by atoms with Crippen molar-refractivity contribution in [1.29, 1.82) is 0 Å². The summed E-state index contributed by atoms with van der Waals surface area (Å²) >= 11 is 0. The third-order valence-electron chi connectivity index (χ3n) is 2.77. The number of carbonyl (C=O) groups is 1. The van der Waals surface area contributed by atoms with Crippen molar-refractivity contribution >= 4 is 5.97 Å². The fraction of sp³-hybridized carbons (Fsp3) is 0.900. The Morgan fingerprint density at radius 3 is 2.36 bits per heavy atom. The van der Waals surface area contributed by atoms with Gasteiger partial charge in [0.05, 0.1) is 0 Å². The Morgan fingerprint density at radius 1 is 1.36 bits per heavy atom. The van der Waals surface area contributed by atoms with E-state index < -0.39 is 17.9 Å². The molecule has 0 aromatic heterocycles. The highest BCUT2D eigenvalue weighted by atomic mass is 16.7. The predicted molar refractivity (Wildman–Crippen MR) is 51.0 cm³/mol. The zero-order valence-electron chi connectivity index (χ0n) is 8.78. The molecule has 0 amide bonds. The largest absolute Gasteiger partial charge is 0.479 e. The first-order valence-corrected chi connectivity index (χ1v) is 5.05. The molecule has 1 fully saturated rings. The quantitative estimate of drug-likeness (QED) is 0.706.